The van der Waals surface area contributed by atoms with E-state index in [9.17, 15) is 18.0 Å². The van der Waals surface area contributed by atoms with Crippen LogP contribution in [0.5, 0.6) is 0 Å². The Labute approximate surface area is 108 Å². The van der Waals surface area contributed by atoms with Crippen molar-refractivity contribution in [3.8, 4) is 0 Å². The van der Waals surface area contributed by atoms with E-state index in [-0.39, 0.29) is 18.3 Å². The lowest BCUT2D eigenvalue weighted by atomic mass is 10.3. The second-order valence-corrected chi connectivity index (χ2v) is 4.46. The van der Waals surface area contributed by atoms with Crippen LogP contribution in [-0.2, 0) is 4.79 Å². The molecule has 1 aromatic heterocycles. The molecule has 0 radical (unpaired) electrons. The van der Waals surface area contributed by atoms with Gasteiger partial charge in [0.1, 0.15) is 0 Å². The molecule has 0 unspecified atom stereocenters. The molecule has 1 aliphatic carbocycles. The van der Waals surface area contributed by atoms with Gasteiger partial charge in [-0.15, -0.1) is 0 Å². The number of aromatic nitrogens is 1. The Balaban J connectivity index is 1.72. The average molecular weight is 273 g/mol. The van der Waals surface area contributed by atoms with Crippen molar-refractivity contribution in [2.75, 3.05) is 11.9 Å². The fraction of sp³-hybridized carbons (Fsp3) is 0.500. The van der Waals surface area contributed by atoms with Crippen molar-refractivity contribution in [2.45, 2.75) is 31.7 Å². The molecule has 1 amide bonds. The van der Waals surface area contributed by atoms with Crippen LogP contribution in [0.2, 0.25) is 0 Å². The van der Waals surface area contributed by atoms with E-state index < -0.39 is 17.6 Å². The summed E-state index contributed by atoms with van der Waals surface area (Å²) in [7, 11) is 0. The van der Waals surface area contributed by atoms with Gasteiger partial charge in [0.2, 0.25) is 5.91 Å². The normalized spacial score (nSPS) is 14.3. The lowest BCUT2D eigenvalue weighted by Gasteiger charge is -2.07. The van der Waals surface area contributed by atoms with Gasteiger partial charge in [-0.2, -0.15) is 9.37 Å². The number of carbonyl (C=O) groups is 1. The van der Waals surface area contributed by atoms with Gasteiger partial charge in [0.25, 0.3) is 5.95 Å². The molecule has 104 valence electrons. The predicted molar refractivity (Wildman–Crippen MR) is 63.0 cm³/mol. The van der Waals surface area contributed by atoms with Gasteiger partial charge in [-0.25, -0.2) is 8.78 Å². The highest BCUT2D eigenvalue weighted by Gasteiger charge is 2.22. The van der Waals surface area contributed by atoms with Crippen molar-refractivity contribution in [2.24, 2.45) is 0 Å². The van der Waals surface area contributed by atoms with Crippen molar-refractivity contribution in [1.29, 1.82) is 0 Å². The van der Waals surface area contributed by atoms with Gasteiger partial charge >= 0.3 is 0 Å². The molecule has 7 heteroatoms. The third-order valence-electron chi connectivity index (χ3n) is 2.70. The molecule has 1 saturated carbocycles. The maximum Gasteiger partial charge on any atom is 0.251 e. The first-order valence-corrected chi connectivity index (χ1v) is 6.11. The maximum atomic E-state index is 13.2. The number of hydrogen-bond acceptors (Lipinski definition) is 3. The van der Waals surface area contributed by atoms with E-state index in [0.717, 1.165) is 12.8 Å². The van der Waals surface area contributed by atoms with Gasteiger partial charge in [-0.1, -0.05) is 0 Å². The number of halogens is 3. The van der Waals surface area contributed by atoms with E-state index in [1.807, 2.05) is 0 Å². The molecule has 19 heavy (non-hydrogen) atoms. The minimum absolute atomic E-state index is 0.0528. The van der Waals surface area contributed by atoms with Gasteiger partial charge in [0, 0.05) is 25.1 Å². The molecule has 0 aromatic carbocycles. The zero-order chi connectivity index (χ0) is 13.8. The van der Waals surface area contributed by atoms with Crippen LogP contribution in [0.15, 0.2) is 6.07 Å². The number of carbonyl (C=O) groups excluding carboxylic acids is 1. The molecule has 2 N–H and O–H groups in total. The standard InChI is InChI=1S/C12H14F3N3O/c13-8-6-9(14)12(18-11(8)15)16-5-1-2-10(19)17-7-3-4-7/h6-7H,1-5H2,(H,16,18)(H,17,19). The lowest BCUT2D eigenvalue weighted by Crippen LogP contribution is -2.25. The van der Waals surface area contributed by atoms with E-state index in [1.54, 1.807) is 0 Å². The van der Waals surface area contributed by atoms with E-state index in [4.69, 9.17) is 0 Å². The van der Waals surface area contributed by atoms with Crippen molar-refractivity contribution in [1.82, 2.24) is 10.3 Å². The van der Waals surface area contributed by atoms with E-state index in [2.05, 4.69) is 15.6 Å². The lowest BCUT2D eigenvalue weighted by molar-refractivity contribution is -0.121. The van der Waals surface area contributed by atoms with Gasteiger partial charge < -0.3 is 10.6 Å². The number of rotatable bonds is 6. The molecule has 0 spiro atoms. The number of nitrogens with one attached hydrogen (secondary N) is 2. The van der Waals surface area contributed by atoms with Gasteiger partial charge in [0.05, 0.1) is 0 Å². The van der Waals surface area contributed by atoms with Crippen LogP contribution in [0.25, 0.3) is 0 Å². The first-order chi connectivity index (χ1) is 9.06. The van der Waals surface area contributed by atoms with Gasteiger partial charge in [-0.05, 0) is 19.3 Å². The number of amides is 1. The number of nitrogens with zero attached hydrogens (tertiary/aromatic N) is 1. The summed E-state index contributed by atoms with van der Waals surface area (Å²) in [5, 5.41) is 5.35. The van der Waals surface area contributed by atoms with Crippen molar-refractivity contribution < 1.29 is 18.0 Å². The van der Waals surface area contributed by atoms with Crippen LogP contribution in [0, 0.1) is 17.6 Å². The summed E-state index contributed by atoms with van der Waals surface area (Å²) in [6.07, 6.45) is 2.80. The molecule has 0 saturated heterocycles. The quantitative estimate of drug-likeness (QED) is 0.615. The summed E-state index contributed by atoms with van der Waals surface area (Å²) < 4.78 is 38.6. The van der Waals surface area contributed by atoms with E-state index in [0.29, 0.717) is 24.9 Å². The minimum atomic E-state index is -1.35. The maximum absolute atomic E-state index is 13.2. The predicted octanol–water partition coefficient (Wildman–Crippen LogP) is 1.97. The Morgan fingerprint density at radius 1 is 1.32 bits per heavy atom. The van der Waals surface area contributed by atoms with Crippen LogP contribution in [-0.4, -0.2) is 23.5 Å². The molecule has 0 bridgehead atoms. The largest absolute Gasteiger partial charge is 0.368 e. The topological polar surface area (TPSA) is 54.0 Å². The van der Waals surface area contributed by atoms with Crippen molar-refractivity contribution >= 4 is 11.7 Å². The Kier molecular flexibility index (Phi) is 4.24. The van der Waals surface area contributed by atoms with Crippen molar-refractivity contribution in [3.05, 3.63) is 23.6 Å². The summed E-state index contributed by atoms with van der Waals surface area (Å²) in [4.78, 5) is 14.5. The monoisotopic (exact) mass is 273 g/mol. The summed E-state index contributed by atoms with van der Waals surface area (Å²) in [5.41, 5.74) is 0. The number of hydrogen-bond donors (Lipinski definition) is 2. The zero-order valence-electron chi connectivity index (χ0n) is 10.2. The Hall–Kier alpha value is -1.79. The highest BCUT2D eigenvalue weighted by Crippen LogP contribution is 2.18. The summed E-state index contributed by atoms with van der Waals surface area (Å²) >= 11 is 0. The van der Waals surface area contributed by atoms with Crippen LogP contribution in [0.4, 0.5) is 19.0 Å². The molecule has 4 nitrogen and oxygen atoms in total. The second kappa shape index (κ2) is 5.90. The molecular formula is C12H14F3N3O. The highest BCUT2D eigenvalue weighted by atomic mass is 19.2. The zero-order valence-corrected chi connectivity index (χ0v) is 10.2. The molecule has 2 rings (SSSR count). The minimum Gasteiger partial charge on any atom is -0.368 e. The number of anilines is 1. The first kappa shape index (κ1) is 13.6. The Bertz CT molecular complexity index is 478. The van der Waals surface area contributed by atoms with E-state index in [1.165, 1.54) is 0 Å². The molecule has 1 aromatic rings. The first-order valence-electron chi connectivity index (χ1n) is 6.11. The van der Waals surface area contributed by atoms with Crippen molar-refractivity contribution in [3.63, 3.8) is 0 Å². The molecule has 0 atom stereocenters. The summed E-state index contributed by atoms with van der Waals surface area (Å²) in [6, 6.07) is 0.746. The average Bonchev–Trinajstić information content (AvgIpc) is 3.14. The van der Waals surface area contributed by atoms with Crippen LogP contribution in [0.3, 0.4) is 0 Å². The smallest absolute Gasteiger partial charge is 0.251 e. The summed E-state index contributed by atoms with van der Waals surface area (Å²) in [5.74, 6) is -4.03. The van der Waals surface area contributed by atoms with Gasteiger partial charge in [-0.3, -0.25) is 4.79 Å². The van der Waals surface area contributed by atoms with E-state index >= 15 is 0 Å². The third-order valence-corrected chi connectivity index (χ3v) is 2.70. The Morgan fingerprint density at radius 3 is 2.74 bits per heavy atom. The second-order valence-electron chi connectivity index (χ2n) is 4.46. The highest BCUT2D eigenvalue weighted by molar-refractivity contribution is 5.76. The molecular weight excluding hydrogens is 259 g/mol. The van der Waals surface area contributed by atoms with Crippen LogP contribution >= 0.6 is 0 Å². The summed E-state index contributed by atoms with van der Waals surface area (Å²) in [6.45, 7) is 0.257. The SMILES string of the molecule is O=C(CCCNc1nc(F)c(F)cc1F)NC1CC1. The van der Waals surface area contributed by atoms with Crippen LogP contribution < -0.4 is 10.6 Å². The molecule has 1 heterocycles. The number of pyridine rings is 1. The molecule has 0 aliphatic heterocycles. The Morgan fingerprint density at radius 2 is 2.05 bits per heavy atom. The third kappa shape index (κ3) is 4.11. The molecule has 1 aliphatic rings. The van der Waals surface area contributed by atoms with Crippen LogP contribution in [0.1, 0.15) is 25.7 Å². The van der Waals surface area contributed by atoms with Gasteiger partial charge in [0.15, 0.2) is 17.5 Å². The molecule has 1 fully saturated rings. The fourth-order valence-corrected chi connectivity index (χ4v) is 1.55. The fourth-order valence-electron chi connectivity index (χ4n) is 1.55.